The molecule has 1 aliphatic heterocycles. The molecule has 0 radical (unpaired) electrons. The fourth-order valence-electron chi connectivity index (χ4n) is 1.75. The number of nitrogens with zero attached hydrogens (tertiary/aromatic N) is 1. The fraction of sp³-hybridized carbons (Fsp3) is 0.462. The van der Waals surface area contributed by atoms with Crippen LogP contribution in [0, 0.1) is 0 Å². The second-order valence-corrected chi connectivity index (χ2v) is 4.16. The minimum atomic E-state index is -2.60. The third kappa shape index (κ3) is 2.52. The van der Waals surface area contributed by atoms with Gasteiger partial charge < -0.3 is 14.4 Å². The molecular formula is C13H17NO3. The highest BCUT2D eigenvalue weighted by molar-refractivity contribution is 5.73. The fourth-order valence-corrected chi connectivity index (χ4v) is 1.75. The van der Waals surface area contributed by atoms with Gasteiger partial charge in [0.05, 0.1) is 0 Å². The minimum Gasteiger partial charge on any atom is -0.454 e. The van der Waals surface area contributed by atoms with Crippen molar-refractivity contribution >= 4 is 5.91 Å². The SMILES string of the molecule is [2H]C([2H])([2H])C(=O)N(C)C(C)Cc1ccc2c(c1)OCO2. The average molecular weight is 238 g/mol. The molecule has 2 rings (SSSR count). The van der Waals surface area contributed by atoms with Gasteiger partial charge in [0.15, 0.2) is 11.5 Å². The van der Waals surface area contributed by atoms with Crippen molar-refractivity contribution in [1.29, 1.82) is 0 Å². The number of hydrogen-bond donors (Lipinski definition) is 0. The smallest absolute Gasteiger partial charge is 0.231 e. The van der Waals surface area contributed by atoms with E-state index in [1.807, 2.05) is 25.1 Å². The molecule has 4 heteroatoms. The molecular weight excluding hydrogens is 218 g/mol. The zero-order chi connectivity index (χ0) is 14.9. The molecule has 0 aromatic heterocycles. The quantitative estimate of drug-likeness (QED) is 0.806. The van der Waals surface area contributed by atoms with Crippen molar-refractivity contribution in [2.45, 2.75) is 26.2 Å². The van der Waals surface area contributed by atoms with Crippen LogP contribution in [0.15, 0.2) is 18.2 Å². The number of ether oxygens (including phenoxy) is 2. The van der Waals surface area contributed by atoms with Gasteiger partial charge in [0.2, 0.25) is 12.7 Å². The zero-order valence-electron chi connectivity index (χ0n) is 12.9. The van der Waals surface area contributed by atoms with Crippen LogP contribution >= 0.6 is 0 Å². The largest absolute Gasteiger partial charge is 0.454 e. The molecule has 1 aromatic rings. The summed E-state index contributed by atoms with van der Waals surface area (Å²) in [6.07, 6.45) is 0.551. The summed E-state index contributed by atoms with van der Waals surface area (Å²) in [5.74, 6) is 0.540. The Hall–Kier alpha value is -1.71. The van der Waals surface area contributed by atoms with Crippen molar-refractivity contribution in [2.75, 3.05) is 13.8 Å². The maximum atomic E-state index is 11.7. The molecule has 0 aliphatic carbocycles. The Bertz CT molecular complexity index is 516. The Morgan fingerprint density at radius 2 is 2.29 bits per heavy atom. The molecule has 0 bridgehead atoms. The lowest BCUT2D eigenvalue weighted by atomic mass is 10.1. The molecule has 0 fully saturated rings. The molecule has 1 aliphatic rings. The Kier molecular flexibility index (Phi) is 2.30. The molecule has 1 heterocycles. The molecule has 0 spiro atoms. The van der Waals surface area contributed by atoms with Gasteiger partial charge in [-0.15, -0.1) is 0 Å². The summed E-state index contributed by atoms with van der Waals surface area (Å²) in [4.78, 5) is 13.0. The van der Waals surface area contributed by atoms with E-state index in [1.54, 1.807) is 0 Å². The van der Waals surface area contributed by atoms with Gasteiger partial charge in [-0.1, -0.05) is 6.07 Å². The van der Waals surface area contributed by atoms with Crippen molar-refractivity contribution in [3.05, 3.63) is 23.8 Å². The Morgan fingerprint density at radius 1 is 1.53 bits per heavy atom. The van der Waals surface area contributed by atoms with Gasteiger partial charge in [0.25, 0.3) is 0 Å². The second-order valence-electron chi connectivity index (χ2n) is 4.16. The highest BCUT2D eigenvalue weighted by Gasteiger charge is 2.16. The zero-order valence-corrected chi connectivity index (χ0v) is 9.90. The van der Waals surface area contributed by atoms with E-state index in [0.717, 1.165) is 5.56 Å². The van der Waals surface area contributed by atoms with Crippen molar-refractivity contribution in [3.63, 3.8) is 0 Å². The molecule has 4 nitrogen and oxygen atoms in total. The van der Waals surface area contributed by atoms with Crippen LogP contribution in [-0.2, 0) is 11.2 Å². The van der Waals surface area contributed by atoms with Crippen molar-refractivity contribution in [2.24, 2.45) is 0 Å². The van der Waals surface area contributed by atoms with E-state index in [9.17, 15) is 4.79 Å². The number of rotatable bonds is 3. The van der Waals surface area contributed by atoms with Crippen molar-refractivity contribution in [3.8, 4) is 11.5 Å². The summed E-state index contributed by atoms with van der Waals surface area (Å²) < 4.78 is 32.0. The van der Waals surface area contributed by atoms with E-state index in [2.05, 4.69) is 0 Å². The van der Waals surface area contributed by atoms with Crippen LogP contribution in [0.25, 0.3) is 0 Å². The molecule has 1 amide bonds. The lowest BCUT2D eigenvalue weighted by Crippen LogP contribution is -2.34. The van der Waals surface area contributed by atoms with Crippen LogP contribution in [-0.4, -0.2) is 30.7 Å². The van der Waals surface area contributed by atoms with E-state index in [0.29, 0.717) is 17.9 Å². The minimum absolute atomic E-state index is 0.214. The van der Waals surface area contributed by atoms with Crippen LogP contribution in [0.3, 0.4) is 0 Å². The van der Waals surface area contributed by atoms with Gasteiger partial charge in [-0.3, -0.25) is 4.79 Å². The van der Waals surface area contributed by atoms with Crippen molar-refractivity contribution in [1.82, 2.24) is 4.90 Å². The number of amides is 1. The lowest BCUT2D eigenvalue weighted by Gasteiger charge is -2.23. The van der Waals surface area contributed by atoms with E-state index < -0.39 is 12.8 Å². The molecule has 1 unspecified atom stereocenters. The highest BCUT2D eigenvalue weighted by Crippen LogP contribution is 2.32. The average Bonchev–Trinajstić information content (AvgIpc) is 2.83. The van der Waals surface area contributed by atoms with Gasteiger partial charge in [0.1, 0.15) is 0 Å². The predicted molar refractivity (Wildman–Crippen MR) is 64.2 cm³/mol. The number of benzene rings is 1. The van der Waals surface area contributed by atoms with Crippen LogP contribution in [0.5, 0.6) is 11.5 Å². The van der Waals surface area contributed by atoms with E-state index in [4.69, 9.17) is 13.6 Å². The van der Waals surface area contributed by atoms with Gasteiger partial charge in [-0.2, -0.15) is 0 Å². The van der Waals surface area contributed by atoms with Crippen LogP contribution in [0.2, 0.25) is 0 Å². The standard InChI is InChI=1S/C13H17NO3/c1-9(14(3)10(2)15)6-11-4-5-12-13(7-11)17-8-16-12/h4-5,7,9H,6,8H2,1-3H3/i2D3. The third-order valence-corrected chi connectivity index (χ3v) is 2.95. The molecule has 1 atom stereocenters. The van der Waals surface area contributed by atoms with Gasteiger partial charge in [-0.05, 0) is 31.0 Å². The van der Waals surface area contributed by atoms with E-state index in [1.165, 1.54) is 11.9 Å². The van der Waals surface area contributed by atoms with Gasteiger partial charge >= 0.3 is 0 Å². The molecule has 92 valence electrons. The normalized spacial score (nSPS) is 17.9. The summed E-state index contributed by atoms with van der Waals surface area (Å²) in [6, 6.07) is 5.34. The summed E-state index contributed by atoms with van der Waals surface area (Å²) in [7, 11) is 1.51. The Balaban J connectivity index is 2.04. The van der Waals surface area contributed by atoms with Gasteiger partial charge in [-0.25, -0.2) is 0 Å². The van der Waals surface area contributed by atoms with Crippen molar-refractivity contribution < 1.29 is 18.4 Å². The van der Waals surface area contributed by atoms with E-state index >= 15 is 0 Å². The van der Waals surface area contributed by atoms with Crippen LogP contribution in [0.4, 0.5) is 0 Å². The van der Waals surface area contributed by atoms with Crippen LogP contribution in [0.1, 0.15) is 23.5 Å². The number of likely N-dealkylation sites (N-methyl/N-ethyl adjacent to an activating group) is 1. The molecule has 1 aromatic carbocycles. The Labute approximate surface area is 105 Å². The number of carbonyl (C=O) groups excluding carboxylic acids is 1. The van der Waals surface area contributed by atoms with Crippen LogP contribution < -0.4 is 9.47 Å². The first kappa shape index (κ1) is 8.39. The summed E-state index contributed by atoms with van der Waals surface area (Å²) in [6.45, 7) is -0.572. The first-order valence-electron chi connectivity index (χ1n) is 6.95. The summed E-state index contributed by atoms with van der Waals surface area (Å²) >= 11 is 0. The topological polar surface area (TPSA) is 38.8 Å². The van der Waals surface area contributed by atoms with Gasteiger partial charge in [0, 0.05) is 24.1 Å². The molecule has 0 saturated carbocycles. The summed E-state index contributed by atoms with van der Waals surface area (Å²) in [5, 5.41) is 0. The first-order valence-corrected chi connectivity index (χ1v) is 5.45. The third-order valence-electron chi connectivity index (χ3n) is 2.95. The lowest BCUT2D eigenvalue weighted by molar-refractivity contribution is -0.129. The number of carbonyl (C=O) groups is 1. The molecule has 0 saturated heterocycles. The van der Waals surface area contributed by atoms with E-state index in [-0.39, 0.29) is 12.8 Å². The maximum absolute atomic E-state index is 11.7. The first-order chi connectivity index (χ1) is 9.29. The Morgan fingerprint density at radius 3 is 3.06 bits per heavy atom. The molecule has 0 N–H and O–H groups in total. The number of hydrogen-bond acceptors (Lipinski definition) is 3. The highest BCUT2D eigenvalue weighted by atomic mass is 16.7. The second kappa shape index (κ2) is 4.65. The predicted octanol–water partition coefficient (Wildman–Crippen LogP) is 1.82. The molecule has 17 heavy (non-hydrogen) atoms. The number of fused-ring (bicyclic) bond motifs is 1. The monoisotopic (exact) mass is 238 g/mol. The maximum Gasteiger partial charge on any atom is 0.231 e. The summed E-state index contributed by atoms with van der Waals surface area (Å²) in [5.41, 5.74) is 0.965.